The molecule has 0 atom stereocenters. The first kappa shape index (κ1) is 59.8. The summed E-state index contributed by atoms with van der Waals surface area (Å²) in [7, 11) is 0. The van der Waals surface area contributed by atoms with Gasteiger partial charge in [-0.2, -0.15) is 0 Å². The van der Waals surface area contributed by atoms with E-state index in [-0.39, 0.29) is 89.3 Å². The molecule has 526 valence electrons. The topological polar surface area (TPSA) is 21.3 Å². The number of aromatic nitrogens is 3. The molecule has 0 saturated heterocycles. The highest BCUT2D eigenvalue weighted by Gasteiger charge is 2.46. The van der Waals surface area contributed by atoms with Crippen LogP contribution in [0.2, 0.25) is 0 Å². The molecule has 6 heteroatoms. The standard InChI is InChI=1S/C98H106BN5/c1-91(2,3)59-33-41-82-74(51-59)75-52-60(92(4,5)6)34-42-83(75)100(82)67-37-39-78-86(55-67)103(69-47-63(95(13,14)15)45-64(48-69)96(16,17)18)88-57-71(102-80-31-27-25-29-72(80)73-30-26-28-32-81(73)102)58-89-90(88)99(78)79-40-38-68(56-87(79)104(89)70-49-65(97(19,20)21)46-66(50-70)98(22,23)24)101-84-43-35-61(93(7,8)9)53-76(84)77-54-62(94(10,11)12)36-44-85(77)101/h25-58H,1-24H3/i25D,26D,27D,28D,29D,30D,31D,32D. The van der Waals surface area contributed by atoms with Crippen molar-refractivity contribution in [1.29, 1.82) is 0 Å². The molecule has 0 amide bonds. The quantitative estimate of drug-likeness (QED) is 0.160. The van der Waals surface area contributed by atoms with Gasteiger partial charge in [0.15, 0.2) is 0 Å². The third-order valence-corrected chi connectivity index (χ3v) is 22.6. The third-order valence-electron chi connectivity index (χ3n) is 22.6. The minimum Gasteiger partial charge on any atom is -0.311 e. The Balaban J connectivity index is 1.12. The van der Waals surface area contributed by atoms with E-state index in [0.717, 1.165) is 106 Å². The Morgan fingerprint density at radius 2 is 0.500 bits per heavy atom. The Labute approximate surface area is 630 Å². The normalized spacial score (nSPS) is 15.2. The fraction of sp³-hybridized carbons (Fsp3) is 0.327. The van der Waals surface area contributed by atoms with Crippen LogP contribution in [0.4, 0.5) is 34.1 Å². The van der Waals surface area contributed by atoms with Crippen LogP contribution in [0.15, 0.2) is 206 Å². The maximum Gasteiger partial charge on any atom is 0.252 e. The highest BCUT2D eigenvalue weighted by atomic mass is 15.2. The Kier molecular flexibility index (Phi) is 13.2. The second-order valence-corrected chi connectivity index (χ2v) is 38.4. The van der Waals surface area contributed by atoms with Crippen molar-refractivity contribution in [3.63, 3.8) is 0 Å². The maximum atomic E-state index is 10.1. The van der Waals surface area contributed by atoms with Crippen molar-refractivity contribution in [2.75, 3.05) is 9.80 Å². The molecule has 0 bridgehead atoms. The molecule has 0 radical (unpaired) electrons. The van der Waals surface area contributed by atoms with Gasteiger partial charge in [0.2, 0.25) is 0 Å². The van der Waals surface area contributed by atoms with Crippen LogP contribution in [0.5, 0.6) is 0 Å². The number of hydrogen-bond acceptors (Lipinski definition) is 2. The lowest BCUT2D eigenvalue weighted by Crippen LogP contribution is -2.61. The lowest BCUT2D eigenvalue weighted by Gasteiger charge is -2.45. The van der Waals surface area contributed by atoms with Gasteiger partial charge in [-0.3, -0.25) is 0 Å². The molecule has 5 heterocycles. The van der Waals surface area contributed by atoms with E-state index in [1.165, 1.54) is 43.8 Å². The first-order chi connectivity index (χ1) is 51.9. The van der Waals surface area contributed by atoms with E-state index in [2.05, 4.69) is 343 Å². The first-order valence-corrected chi connectivity index (χ1v) is 37.5. The summed E-state index contributed by atoms with van der Waals surface area (Å²) in [6.45, 7) is 54.2. The van der Waals surface area contributed by atoms with Gasteiger partial charge in [-0.15, -0.1) is 0 Å². The van der Waals surface area contributed by atoms with Gasteiger partial charge in [-0.25, -0.2) is 0 Å². The van der Waals surface area contributed by atoms with Gasteiger partial charge < -0.3 is 23.5 Å². The van der Waals surface area contributed by atoms with Crippen molar-refractivity contribution < 1.29 is 11.0 Å². The Morgan fingerprint density at radius 1 is 0.231 bits per heavy atom. The maximum absolute atomic E-state index is 10.1. The summed E-state index contributed by atoms with van der Waals surface area (Å²) in [5.41, 5.74) is 23.0. The SMILES string of the molecule is [2H]c1c([2H])c([2H])c2c(c1[2H])c1c([2H])c([2H])c([2H])c([2H])c1n2-c1cc2c3c(c1)N(c1cc(C(C)(C)C)cc(C(C)(C)C)c1)c1cc(-n4c5ccc(C(C)(C)C)cc5c5cc(C(C)(C)C)ccc54)ccc1B3c1ccc(-n3c4ccc(C(C)(C)C)cc4c4cc(C(C)(C)C)ccc43)cc1N2c1cc(C(C)(C)C)cc(C(C)(C)C)c1. The number of hydrogen-bond donors (Lipinski definition) is 0. The van der Waals surface area contributed by atoms with Gasteiger partial charge in [0.25, 0.3) is 6.71 Å². The van der Waals surface area contributed by atoms with Gasteiger partial charge in [-0.1, -0.05) is 251 Å². The van der Waals surface area contributed by atoms with Gasteiger partial charge in [0.1, 0.15) is 0 Å². The summed E-state index contributed by atoms with van der Waals surface area (Å²) in [6.07, 6.45) is 0. The van der Waals surface area contributed by atoms with Crippen LogP contribution in [0.3, 0.4) is 0 Å². The summed E-state index contributed by atoms with van der Waals surface area (Å²) >= 11 is 0. The van der Waals surface area contributed by atoms with E-state index >= 15 is 0 Å². The van der Waals surface area contributed by atoms with Crippen LogP contribution in [0.1, 0.15) is 222 Å². The molecule has 0 saturated carbocycles. The second-order valence-electron chi connectivity index (χ2n) is 38.4. The van der Waals surface area contributed by atoms with Crippen molar-refractivity contribution in [1.82, 2.24) is 13.7 Å². The van der Waals surface area contributed by atoms with Crippen molar-refractivity contribution in [3.8, 4) is 17.1 Å². The highest BCUT2D eigenvalue weighted by Crippen LogP contribution is 2.51. The third kappa shape index (κ3) is 11.2. The molecule has 0 spiro atoms. The molecule has 11 aromatic carbocycles. The number of anilines is 6. The average Bonchev–Trinajstić information content (AvgIpc) is 1.01. The van der Waals surface area contributed by atoms with Gasteiger partial charge in [0, 0.05) is 77.8 Å². The van der Waals surface area contributed by atoms with Crippen LogP contribution < -0.4 is 26.2 Å². The van der Waals surface area contributed by atoms with E-state index < -0.39 is 30.9 Å². The summed E-state index contributed by atoms with van der Waals surface area (Å²) in [4.78, 5) is 4.90. The number of para-hydroxylation sites is 2. The number of nitrogens with zero attached hydrogens (tertiary/aromatic N) is 5. The number of rotatable bonds is 5. The molecule has 3 aromatic heterocycles. The minimum atomic E-state index is -0.494. The molecule has 104 heavy (non-hydrogen) atoms. The van der Waals surface area contributed by atoms with Crippen molar-refractivity contribution in [2.45, 2.75) is 209 Å². The van der Waals surface area contributed by atoms with E-state index in [1.54, 1.807) is 4.57 Å². The van der Waals surface area contributed by atoms with Crippen LogP contribution in [-0.4, -0.2) is 20.4 Å². The van der Waals surface area contributed by atoms with E-state index in [0.29, 0.717) is 5.69 Å². The monoisotopic (exact) mass is 1370 g/mol. The van der Waals surface area contributed by atoms with Gasteiger partial charge in [0.05, 0.1) is 49.8 Å². The summed E-state index contributed by atoms with van der Waals surface area (Å²) in [5.74, 6) is 0. The van der Waals surface area contributed by atoms with Crippen LogP contribution in [-0.2, 0) is 43.3 Å². The van der Waals surface area contributed by atoms with E-state index in [9.17, 15) is 11.0 Å². The molecule has 2 aliphatic heterocycles. The van der Waals surface area contributed by atoms with Crippen LogP contribution in [0, 0.1) is 0 Å². The molecular formula is C98H106BN5. The predicted octanol–water partition coefficient (Wildman–Crippen LogP) is 25.4. The predicted molar refractivity (Wildman–Crippen MR) is 453 cm³/mol. The van der Waals surface area contributed by atoms with Crippen LogP contribution >= 0.6 is 0 Å². The lowest BCUT2D eigenvalue weighted by atomic mass is 9.33. The molecular weight excluding hydrogens is 1260 g/mol. The zero-order chi connectivity index (χ0) is 80.9. The van der Waals surface area contributed by atoms with Crippen molar-refractivity contribution in [3.05, 3.63) is 251 Å². The summed E-state index contributed by atoms with van der Waals surface area (Å²) in [5, 5.41) is 4.73. The molecule has 0 aliphatic carbocycles. The fourth-order valence-corrected chi connectivity index (χ4v) is 16.3. The smallest absolute Gasteiger partial charge is 0.252 e. The average molecular weight is 1370 g/mol. The summed E-state index contributed by atoms with van der Waals surface area (Å²) in [6, 6.07) is 57.2. The molecule has 14 aromatic rings. The first-order valence-electron chi connectivity index (χ1n) is 41.5. The van der Waals surface area contributed by atoms with E-state index in [1.807, 2.05) is 0 Å². The fourth-order valence-electron chi connectivity index (χ4n) is 16.3. The lowest BCUT2D eigenvalue weighted by molar-refractivity contribution is 0.568. The van der Waals surface area contributed by atoms with Crippen LogP contribution in [0.25, 0.3) is 82.5 Å². The van der Waals surface area contributed by atoms with Crippen molar-refractivity contribution in [2.24, 2.45) is 0 Å². The summed E-state index contributed by atoms with van der Waals surface area (Å²) < 4.78 is 84.0. The zero-order valence-corrected chi connectivity index (χ0v) is 65.8. The Hall–Kier alpha value is -9.52. The molecule has 0 unspecified atom stereocenters. The van der Waals surface area contributed by atoms with E-state index in [4.69, 9.17) is 0 Å². The highest BCUT2D eigenvalue weighted by molar-refractivity contribution is 7.00. The van der Waals surface area contributed by atoms with Crippen molar-refractivity contribution >= 4 is 123 Å². The largest absolute Gasteiger partial charge is 0.311 e. The zero-order valence-electron chi connectivity index (χ0n) is 73.8. The molecule has 2 aliphatic rings. The molecule has 0 fully saturated rings. The Morgan fingerprint density at radius 3 is 0.788 bits per heavy atom. The molecule has 5 nitrogen and oxygen atoms in total. The molecule has 16 rings (SSSR count). The minimum absolute atomic E-state index is 0.0159. The van der Waals surface area contributed by atoms with Gasteiger partial charge >= 0.3 is 0 Å². The van der Waals surface area contributed by atoms with Gasteiger partial charge in [-0.05, 0) is 225 Å². The molecule has 0 N–H and O–H groups in total. The Bertz CT molecular complexity index is 5820. The number of benzene rings is 11. The number of fused-ring (bicyclic) bond motifs is 13. The second kappa shape index (κ2) is 23.0.